The number of rotatable bonds is 5. The highest BCUT2D eigenvalue weighted by Crippen LogP contribution is 2.23. The van der Waals surface area contributed by atoms with Crippen molar-refractivity contribution in [3.8, 4) is 0 Å². The number of imidazole rings is 1. The van der Waals surface area contributed by atoms with Gasteiger partial charge in [-0.05, 0) is 34.9 Å². The van der Waals surface area contributed by atoms with Gasteiger partial charge in [0.1, 0.15) is 5.82 Å². The summed E-state index contributed by atoms with van der Waals surface area (Å²) in [6.45, 7) is 3.11. The lowest BCUT2D eigenvalue weighted by Crippen LogP contribution is -2.06. The number of hydrogen-bond acceptors (Lipinski definition) is 1. The molecule has 0 saturated heterocycles. The molecule has 2 nitrogen and oxygen atoms in total. The molecule has 4 rings (SSSR count). The van der Waals surface area contributed by atoms with E-state index in [-0.39, 0.29) is 0 Å². The van der Waals surface area contributed by atoms with Crippen LogP contribution >= 0.6 is 0 Å². The van der Waals surface area contributed by atoms with Crippen molar-refractivity contribution in [1.82, 2.24) is 9.55 Å². The van der Waals surface area contributed by atoms with Crippen LogP contribution in [0.2, 0.25) is 0 Å². The lowest BCUT2D eigenvalue weighted by Gasteiger charge is -2.12. The second kappa shape index (κ2) is 6.48. The molecule has 0 aliphatic heterocycles. The monoisotopic (exact) mass is 314 g/mol. The zero-order valence-electron chi connectivity index (χ0n) is 14.1. The third-order valence-electron chi connectivity index (χ3n) is 4.70. The van der Waals surface area contributed by atoms with Gasteiger partial charge in [-0.15, -0.1) is 0 Å². The van der Waals surface area contributed by atoms with E-state index in [1.54, 1.807) is 0 Å². The Hall–Kier alpha value is -2.61. The standard InChI is InChI=1S/C22H22N2/c1-2-3-15-22-23-20-13-6-7-14-21(20)24(22)16-18-11-8-10-17-9-4-5-12-19(17)18/h4-14H,2-3,15-16H2,1H3. The largest absolute Gasteiger partial charge is 0.323 e. The van der Waals surface area contributed by atoms with Crippen molar-refractivity contribution >= 4 is 21.8 Å². The second-order valence-corrected chi connectivity index (χ2v) is 6.34. The van der Waals surface area contributed by atoms with E-state index in [9.17, 15) is 0 Å². The number of hydrogen-bond donors (Lipinski definition) is 0. The summed E-state index contributed by atoms with van der Waals surface area (Å²) in [4.78, 5) is 4.89. The lowest BCUT2D eigenvalue weighted by atomic mass is 10.0. The molecule has 0 atom stereocenters. The van der Waals surface area contributed by atoms with Gasteiger partial charge in [-0.1, -0.05) is 67.9 Å². The van der Waals surface area contributed by atoms with Crippen molar-refractivity contribution in [2.75, 3.05) is 0 Å². The first-order valence-corrected chi connectivity index (χ1v) is 8.77. The topological polar surface area (TPSA) is 17.8 Å². The number of benzene rings is 3. The zero-order chi connectivity index (χ0) is 16.4. The Morgan fingerprint density at radius 2 is 1.67 bits per heavy atom. The van der Waals surface area contributed by atoms with Gasteiger partial charge < -0.3 is 4.57 Å². The Morgan fingerprint density at radius 3 is 2.58 bits per heavy atom. The van der Waals surface area contributed by atoms with Crippen molar-refractivity contribution in [2.24, 2.45) is 0 Å². The first-order chi connectivity index (χ1) is 11.9. The molecule has 0 aliphatic rings. The van der Waals surface area contributed by atoms with Gasteiger partial charge in [-0.3, -0.25) is 0 Å². The van der Waals surface area contributed by atoms with Crippen LogP contribution in [0.25, 0.3) is 21.8 Å². The summed E-state index contributed by atoms with van der Waals surface area (Å²) in [5.41, 5.74) is 3.69. The number of unbranched alkanes of at least 4 members (excludes halogenated alkanes) is 1. The molecule has 0 fully saturated rings. The fraction of sp³-hybridized carbons (Fsp3) is 0.227. The van der Waals surface area contributed by atoms with E-state index in [0.717, 1.165) is 18.5 Å². The van der Waals surface area contributed by atoms with Crippen LogP contribution in [-0.4, -0.2) is 9.55 Å². The van der Waals surface area contributed by atoms with Crippen molar-refractivity contribution in [2.45, 2.75) is 32.7 Å². The highest BCUT2D eigenvalue weighted by Gasteiger charge is 2.11. The van der Waals surface area contributed by atoms with Crippen LogP contribution in [0.3, 0.4) is 0 Å². The molecule has 4 aromatic rings. The molecule has 24 heavy (non-hydrogen) atoms. The summed E-state index contributed by atoms with van der Waals surface area (Å²) in [6.07, 6.45) is 3.41. The highest BCUT2D eigenvalue weighted by molar-refractivity contribution is 5.86. The van der Waals surface area contributed by atoms with Crippen molar-refractivity contribution in [3.63, 3.8) is 0 Å². The quantitative estimate of drug-likeness (QED) is 0.470. The van der Waals surface area contributed by atoms with E-state index in [4.69, 9.17) is 4.98 Å². The Balaban J connectivity index is 1.83. The van der Waals surface area contributed by atoms with E-state index in [1.807, 2.05) is 0 Å². The molecule has 120 valence electrons. The normalized spacial score (nSPS) is 11.4. The molecule has 0 bridgehead atoms. The number of nitrogens with zero attached hydrogens (tertiary/aromatic N) is 2. The first-order valence-electron chi connectivity index (χ1n) is 8.77. The predicted octanol–water partition coefficient (Wildman–Crippen LogP) is 5.58. The Labute approximate surface area is 142 Å². The van der Waals surface area contributed by atoms with Gasteiger partial charge in [-0.25, -0.2) is 4.98 Å². The maximum Gasteiger partial charge on any atom is 0.110 e. The molecule has 0 saturated carbocycles. The van der Waals surface area contributed by atoms with Gasteiger partial charge in [0.25, 0.3) is 0 Å². The maximum absolute atomic E-state index is 4.89. The summed E-state index contributed by atoms with van der Waals surface area (Å²) in [6, 6.07) is 23.7. The van der Waals surface area contributed by atoms with Gasteiger partial charge in [0.15, 0.2) is 0 Å². The smallest absolute Gasteiger partial charge is 0.110 e. The van der Waals surface area contributed by atoms with Crippen LogP contribution in [0.15, 0.2) is 66.7 Å². The van der Waals surface area contributed by atoms with E-state index < -0.39 is 0 Å². The average molecular weight is 314 g/mol. The Kier molecular flexibility index (Phi) is 4.04. The van der Waals surface area contributed by atoms with Crippen LogP contribution < -0.4 is 0 Å². The molecule has 2 heteroatoms. The molecule has 1 aromatic heterocycles. The van der Waals surface area contributed by atoms with E-state index in [1.165, 1.54) is 40.5 Å². The molecule has 0 radical (unpaired) electrons. The third kappa shape index (κ3) is 2.69. The fourth-order valence-corrected chi connectivity index (χ4v) is 3.43. The summed E-state index contributed by atoms with van der Waals surface area (Å²) < 4.78 is 2.40. The zero-order valence-corrected chi connectivity index (χ0v) is 14.1. The molecular formula is C22H22N2. The molecule has 0 aliphatic carbocycles. The average Bonchev–Trinajstić information content (AvgIpc) is 2.98. The summed E-state index contributed by atoms with van der Waals surface area (Å²) in [5, 5.41) is 2.63. The molecule has 3 aromatic carbocycles. The van der Waals surface area contributed by atoms with E-state index in [0.29, 0.717) is 0 Å². The van der Waals surface area contributed by atoms with Crippen LogP contribution in [0, 0.1) is 0 Å². The van der Waals surface area contributed by atoms with E-state index >= 15 is 0 Å². The number of aromatic nitrogens is 2. The number of aryl methyl sites for hydroxylation is 1. The van der Waals surface area contributed by atoms with Gasteiger partial charge >= 0.3 is 0 Å². The molecule has 0 N–H and O–H groups in total. The lowest BCUT2D eigenvalue weighted by molar-refractivity contribution is 0.691. The third-order valence-corrected chi connectivity index (χ3v) is 4.70. The Morgan fingerprint density at radius 1 is 0.875 bits per heavy atom. The molecular weight excluding hydrogens is 292 g/mol. The summed E-state index contributed by atoms with van der Waals surface area (Å²) in [5.74, 6) is 1.20. The fourth-order valence-electron chi connectivity index (χ4n) is 3.43. The Bertz CT molecular complexity index is 976. The van der Waals surface area contributed by atoms with E-state index in [2.05, 4.69) is 78.2 Å². The molecule has 0 spiro atoms. The predicted molar refractivity (Wildman–Crippen MR) is 101 cm³/mol. The molecule has 0 amide bonds. The second-order valence-electron chi connectivity index (χ2n) is 6.34. The molecule has 1 heterocycles. The minimum absolute atomic E-state index is 0.876. The van der Waals surface area contributed by atoms with Gasteiger partial charge in [-0.2, -0.15) is 0 Å². The first kappa shape index (κ1) is 14.9. The molecule has 0 unspecified atom stereocenters. The van der Waals surface area contributed by atoms with Crippen LogP contribution in [-0.2, 0) is 13.0 Å². The van der Waals surface area contributed by atoms with Gasteiger partial charge in [0, 0.05) is 13.0 Å². The number of fused-ring (bicyclic) bond motifs is 2. The van der Waals surface area contributed by atoms with Crippen LogP contribution in [0.4, 0.5) is 0 Å². The highest BCUT2D eigenvalue weighted by atomic mass is 15.1. The van der Waals surface area contributed by atoms with Crippen LogP contribution in [0.1, 0.15) is 31.2 Å². The van der Waals surface area contributed by atoms with Gasteiger partial charge in [0.05, 0.1) is 11.0 Å². The van der Waals surface area contributed by atoms with Crippen molar-refractivity contribution in [3.05, 3.63) is 78.1 Å². The van der Waals surface area contributed by atoms with Crippen molar-refractivity contribution in [1.29, 1.82) is 0 Å². The minimum atomic E-state index is 0.876. The minimum Gasteiger partial charge on any atom is -0.323 e. The summed E-state index contributed by atoms with van der Waals surface area (Å²) in [7, 11) is 0. The summed E-state index contributed by atoms with van der Waals surface area (Å²) >= 11 is 0. The van der Waals surface area contributed by atoms with Crippen LogP contribution in [0.5, 0.6) is 0 Å². The van der Waals surface area contributed by atoms with Crippen molar-refractivity contribution < 1.29 is 0 Å². The van der Waals surface area contributed by atoms with Gasteiger partial charge in [0.2, 0.25) is 0 Å². The maximum atomic E-state index is 4.89. The SMILES string of the molecule is CCCCc1nc2ccccc2n1Cc1cccc2ccccc12. The number of para-hydroxylation sites is 2.